The summed E-state index contributed by atoms with van der Waals surface area (Å²) in [5.74, 6) is 2.97. The Balaban J connectivity index is 1.64. The molecule has 1 aromatic carbocycles. The van der Waals surface area contributed by atoms with Gasteiger partial charge in [0.2, 0.25) is 0 Å². The molecule has 3 atom stereocenters. The highest BCUT2D eigenvalue weighted by molar-refractivity contribution is 5.62. The van der Waals surface area contributed by atoms with Crippen LogP contribution in [0.25, 0.3) is 11.4 Å². The van der Waals surface area contributed by atoms with Gasteiger partial charge >= 0.3 is 0 Å². The normalized spacial score (nSPS) is 22.2. The van der Waals surface area contributed by atoms with Crippen molar-refractivity contribution in [2.45, 2.75) is 38.8 Å². The molecule has 8 heteroatoms. The smallest absolute Gasteiger partial charge is 0.161 e. The third-order valence-corrected chi connectivity index (χ3v) is 6.96. The van der Waals surface area contributed by atoms with Gasteiger partial charge in [0.1, 0.15) is 24.3 Å². The van der Waals surface area contributed by atoms with Crippen molar-refractivity contribution in [3.63, 3.8) is 0 Å². The molecule has 0 spiro atoms. The number of aliphatic hydroxyl groups excluding tert-OH is 1. The molecule has 0 amide bonds. The Hall–Kier alpha value is -2.26. The fraction of sp³-hybridized carbons (Fsp3) is 0.615. The predicted molar refractivity (Wildman–Crippen MR) is 135 cm³/mol. The van der Waals surface area contributed by atoms with E-state index in [0.717, 1.165) is 68.6 Å². The zero-order chi connectivity index (χ0) is 24.1. The third kappa shape index (κ3) is 6.05. The maximum Gasteiger partial charge on any atom is 0.161 e. The summed E-state index contributed by atoms with van der Waals surface area (Å²) >= 11 is 0. The highest BCUT2D eigenvalue weighted by Crippen LogP contribution is 2.30. The zero-order valence-corrected chi connectivity index (χ0v) is 21.0. The molecule has 2 N–H and O–H groups in total. The number of hydrogen-bond donors (Lipinski definition) is 2. The van der Waals surface area contributed by atoms with Gasteiger partial charge in [0.15, 0.2) is 5.82 Å². The van der Waals surface area contributed by atoms with Gasteiger partial charge in [-0.15, -0.1) is 0 Å². The van der Waals surface area contributed by atoms with Gasteiger partial charge in [-0.25, -0.2) is 9.97 Å². The molecule has 0 bridgehead atoms. The second-order valence-electron chi connectivity index (χ2n) is 9.70. The van der Waals surface area contributed by atoms with Crippen LogP contribution in [-0.4, -0.2) is 92.2 Å². The number of benzene rings is 1. The average molecular weight is 470 g/mol. The Morgan fingerprint density at radius 2 is 2.15 bits per heavy atom. The van der Waals surface area contributed by atoms with E-state index in [4.69, 9.17) is 19.4 Å². The highest BCUT2D eigenvalue weighted by atomic mass is 16.5. The van der Waals surface area contributed by atoms with Gasteiger partial charge in [-0.1, -0.05) is 12.1 Å². The summed E-state index contributed by atoms with van der Waals surface area (Å²) < 4.78 is 11.5. The van der Waals surface area contributed by atoms with E-state index in [9.17, 15) is 5.11 Å². The van der Waals surface area contributed by atoms with Crippen LogP contribution in [0.15, 0.2) is 24.3 Å². The molecule has 1 aromatic heterocycles. The molecular formula is C26H39N5O3. The molecule has 2 aliphatic heterocycles. The van der Waals surface area contributed by atoms with Crippen LogP contribution in [0.2, 0.25) is 0 Å². The van der Waals surface area contributed by atoms with Crippen molar-refractivity contribution < 1.29 is 14.6 Å². The van der Waals surface area contributed by atoms with E-state index in [0.29, 0.717) is 24.3 Å². The summed E-state index contributed by atoms with van der Waals surface area (Å²) in [5, 5.41) is 12.9. The number of aliphatic hydroxyl groups is 1. The van der Waals surface area contributed by atoms with E-state index >= 15 is 0 Å². The first kappa shape index (κ1) is 24.9. The van der Waals surface area contributed by atoms with Crippen LogP contribution >= 0.6 is 0 Å². The summed E-state index contributed by atoms with van der Waals surface area (Å²) in [6, 6.07) is 8.33. The molecule has 0 aliphatic carbocycles. The number of nitrogens with zero attached hydrogens (tertiary/aromatic N) is 4. The van der Waals surface area contributed by atoms with Gasteiger partial charge in [-0.2, -0.15) is 0 Å². The average Bonchev–Trinajstić information content (AvgIpc) is 3.34. The second-order valence-corrected chi connectivity index (χ2v) is 9.70. The lowest BCUT2D eigenvalue weighted by Gasteiger charge is -2.39. The standard InChI is InChI=1S/C26H39N5O3/c1-18-15-31(10-9-30(18)4)26-19(2)24(12-20-8-11-33-16-20)28-25(29-26)21-6-5-7-23(13-21)34-17-22(32)14-27-3/h5-7,13,18,20,22,27,32H,8-12,14-17H2,1-4H3/t18-,20+,22?/m1/s1. The van der Waals surface area contributed by atoms with Crippen LogP contribution in [0.1, 0.15) is 24.6 Å². The van der Waals surface area contributed by atoms with Crippen LogP contribution < -0.4 is 15.0 Å². The maximum absolute atomic E-state index is 9.99. The molecule has 3 heterocycles. The highest BCUT2D eigenvalue weighted by Gasteiger charge is 2.26. The molecule has 34 heavy (non-hydrogen) atoms. The quantitative estimate of drug-likeness (QED) is 0.578. The van der Waals surface area contributed by atoms with Crippen LogP contribution in [-0.2, 0) is 11.2 Å². The molecule has 2 fully saturated rings. The molecule has 2 saturated heterocycles. The van der Waals surface area contributed by atoms with E-state index in [1.54, 1.807) is 0 Å². The molecule has 2 aliphatic rings. The Morgan fingerprint density at radius 3 is 2.88 bits per heavy atom. The molecule has 0 saturated carbocycles. The van der Waals surface area contributed by atoms with E-state index in [-0.39, 0.29) is 6.61 Å². The van der Waals surface area contributed by atoms with Gasteiger partial charge in [-0.05, 0) is 58.8 Å². The minimum atomic E-state index is -0.560. The molecule has 186 valence electrons. The molecule has 4 rings (SSSR count). The lowest BCUT2D eigenvalue weighted by atomic mass is 9.99. The van der Waals surface area contributed by atoms with Gasteiger partial charge < -0.3 is 29.7 Å². The largest absolute Gasteiger partial charge is 0.491 e. The SMILES string of the molecule is CNCC(O)COc1cccc(-c2nc(C[C@@H]3CCOC3)c(C)c(N3CCN(C)[C@H](C)C3)n2)c1. The first-order valence-corrected chi connectivity index (χ1v) is 12.4. The molecule has 2 aromatic rings. The predicted octanol–water partition coefficient (Wildman–Crippen LogP) is 2.13. The fourth-order valence-corrected chi connectivity index (χ4v) is 4.66. The Kier molecular flexibility index (Phi) is 8.37. The summed E-state index contributed by atoms with van der Waals surface area (Å²) in [6.45, 7) is 9.71. The zero-order valence-electron chi connectivity index (χ0n) is 21.0. The van der Waals surface area contributed by atoms with Gasteiger partial charge in [0.05, 0.1) is 0 Å². The number of aromatic nitrogens is 2. The number of likely N-dealkylation sites (N-methyl/N-ethyl adjacent to an activating group) is 2. The summed E-state index contributed by atoms with van der Waals surface area (Å²) in [6.07, 6.45) is 1.43. The van der Waals surface area contributed by atoms with Crippen molar-refractivity contribution in [1.82, 2.24) is 20.2 Å². The number of ether oxygens (including phenoxy) is 2. The van der Waals surface area contributed by atoms with Crippen LogP contribution in [0.3, 0.4) is 0 Å². The number of rotatable bonds is 9. The first-order valence-electron chi connectivity index (χ1n) is 12.4. The lowest BCUT2D eigenvalue weighted by Crippen LogP contribution is -2.50. The summed E-state index contributed by atoms with van der Waals surface area (Å²) in [5.41, 5.74) is 3.21. The maximum atomic E-state index is 9.99. The Morgan fingerprint density at radius 1 is 1.29 bits per heavy atom. The Bertz CT molecular complexity index is 950. The van der Waals surface area contributed by atoms with Crippen molar-refractivity contribution in [2.24, 2.45) is 5.92 Å². The summed E-state index contributed by atoms with van der Waals surface area (Å²) in [4.78, 5) is 14.9. The Labute approximate surface area is 203 Å². The van der Waals surface area contributed by atoms with Crippen molar-refractivity contribution in [1.29, 1.82) is 0 Å². The minimum Gasteiger partial charge on any atom is -0.491 e. The van der Waals surface area contributed by atoms with Gasteiger partial charge in [-0.3, -0.25) is 0 Å². The molecule has 1 unspecified atom stereocenters. The lowest BCUT2D eigenvalue weighted by molar-refractivity contribution is 0.108. The van der Waals surface area contributed by atoms with Crippen LogP contribution in [0, 0.1) is 12.8 Å². The monoisotopic (exact) mass is 469 g/mol. The van der Waals surface area contributed by atoms with Crippen LogP contribution in [0.5, 0.6) is 5.75 Å². The number of anilines is 1. The van der Waals surface area contributed by atoms with E-state index in [1.807, 2.05) is 31.3 Å². The number of hydrogen-bond acceptors (Lipinski definition) is 8. The van der Waals surface area contributed by atoms with Crippen molar-refractivity contribution in [3.05, 3.63) is 35.5 Å². The second kappa shape index (κ2) is 11.4. The van der Waals surface area contributed by atoms with E-state index in [2.05, 4.69) is 36.0 Å². The first-order chi connectivity index (χ1) is 16.4. The van der Waals surface area contributed by atoms with Crippen LogP contribution in [0.4, 0.5) is 5.82 Å². The van der Waals surface area contributed by atoms with Gasteiger partial charge in [0, 0.05) is 62.3 Å². The fourth-order valence-electron chi connectivity index (χ4n) is 4.66. The number of piperazine rings is 1. The minimum absolute atomic E-state index is 0.233. The van der Waals surface area contributed by atoms with E-state index < -0.39 is 6.10 Å². The number of nitrogens with one attached hydrogen (secondary N) is 1. The van der Waals surface area contributed by atoms with Gasteiger partial charge in [0.25, 0.3) is 0 Å². The molecule has 0 radical (unpaired) electrons. The summed E-state index contributed by atoms with van der Waals surface area (Å²) in [7, 11) is 4.00. The molecular weight excluding hydrogens is 430 g/mol. The van der Waals surface area contributed by atoms with Crippen molar-refractivity contribution in [2.75, 3.05) is 65.0 Å². The van der Waals surface area contributed by atoms with Crippen molar-refractivity contribution in [3.8, 4) is 17.1 Å². The van der Waals surface area contributed by atoms with E-state index in [1.165, 1.54) is 5.56 Å². The van der Waals surface area contributed by atoms with Crippen molar-refractivity contribution >= 4 is 5.82 Å². The third-order valence-electron chi connectivity index (χ3n) is 6.96. The topological polar surface area (TPSA) is 83.0 Å². The molecule has 8 nitrogen and oxygen atoms in total.